The van der Waals surface area contributed by atoms with Crippen LogP contribution in [0.3, 0.4) is 0 Å². The molecule has 0 aromatic heterocycles. The summed E-state index contributed by atoms with van der Waals surface area (Å²) in [6.45, 7) is 4.43. The molecule has 0 amide bonds. The van der Waals surface area contributed by atoms with Gasteiger partial charge in [0.1, 0.15) is 5.84 Å². The number of ether oxygens (including phenoxy) is 1. The molecule has 0 aromatic carbocycles. The number of nitrogens with one attached hydrogen (secondary N) is 1. The molecule has 0 radical (unpaired) electrons. The fourth-order valence-corrected chi connectivity index (χ4v) is 3.77. The molecular formula is C12H26N4O3S. The van der Waals surface area contributed by atoms with Gasteiger partial charge in [0.15, 0.2) is 0 Å². The molecule has 0 saturated carbocycles. The number of sulfonamides is 1. The lowest BCUT2D eigenvalue weighted by Gasteiger charge is -2.38. The Balaban J connectivity index is 2.56. The van der Waals surface area contributed by atoms with E-state index in [0.29, 0.717) is 26.2 Å². The van der Waals surface area contributed by atoms with E-state index >= 15 is 0 Å². The second-order valence-electron chi connectivity index (χ2n) is 5.00. The molecule has 1 atom stereocenters. The van der Waals surface area contributed by atoms with Crippen molar-refractivity contribution in [3.8, 4) is 0 Å². The minimum atomic E-state index is -3.23. The molecule has 1 saturated heterocycles. The second kappa shape index (κ2) is 7.92. The van der Waals surface area contributed by atoms with E-state index in [1.54, 1.807) is 0 Å². The van der Waals surface area contributed by atoms with Crippen molar-refractivity contribution in [2.75, 3.05) is 45.6 Å². The Kier molecular flexibility index (Phi) is 6.87. The number of methoxy groups -OCH3 is 1. The molecule has 118 valence electrons. The Morgan fingerprint density at radius 1 is 1.35 bits per heavy atom. The maximum Gasteiger partial charge on any atom is 0.216 e. The zero-order chi connectivity index (χ0) is 15.2. The highest BCUT2D eigenvalue weighted by Crippen LogP contribution is 2.13. The minimum absolute atomic E-state index is 0.0224. The van der Waals surface area contributed by atoms with Crippen LogP contribution in [0.15, 0.2) is 0 Å². The Hall–Kier alpha value is -0.700. The monoisotopic (exact) mass is 306 g/mol. The van der Waals surface area contributed by atoms with Crippen molar-refractivity contribution in [1.29, 1.82) is 5.41 Å². The zero-order valence-corrected chi connectivity index (χ0v) is 13.2. The summed E-state index contributed by atoms with van der Waals surface area (Å²) in [5.41, 5.74) is 5.63. The molecule has 20 heavy (non-hydrogen) atoms. The molecule has 1 aliphatic heterocycles. The summed E-state index contributed by atoms with van der Waals surface area (Å²) in [7, 11) is -1.73. The molecule has 1 rings (SSSR count). The summed E-state index contributed by atoms with van der Waals surface area (Å²) in [6, 6.07) is -0.0659. The maximum absolute atomic E-state index is 12.0. The Bertz CT molecular complexity index is 405. The summed E-state index contributed by atoms with van der Waals surface area (Å²) in [5, 5.41) is 7.64. The van der Waals surface area contributed by atoms with Crippen molar-refractivity contribution in [3.63, 3.8) is 0 Å². The lowest BCUT2D eigenvalue weighted by molar-refractivity contribution is 0.159. The highest BCUT2D eigenvalue weighted by atomic mass is 32.2. The van der Waals surface area contributed by atoms with E-state index in [2.05, 4.69) is 11.8 Å². The summed E-state index contributed by atoms with van der Waals surface area (Å²) in [6.07, 6.45) is 1.79. The zero-order valence-electron chi connectivity index (χ0n) is 12.3. The van der Waals surface area contributed by atoms with E-state index in [1.807, 2.05) is 0 Å². The predicted octanol–water partition coefficient (Wildman–Crippen LogP) is -0.315. The fraction of sp³-hybridized carbons (Fsp3) is 0.917. The number of hydrogen-bond donors (Lipinski definition) is 2. The molecule has 7 nitrogen and oxygen atoms in total. The van der Waals surface area contributed by atoms with Crippen LogP contribution >= 0.6 is 0 Å². The lowest BCUT2D eigenvalue weighted by atomic mass is 10.1. The molecule has 0 aromatic rings. The van der Waals surface area contributed by atoms with Gasteiger partial charge >= 0.3 is 0 Å². The second-order valence-corrected chi connectivity index (χ2v) is 7.09. The van der Waals surface area contributed by atoms with Crippen molar-refractivity contribution in [2.45, 2.75) is 25.8 Å². The van der Waals surface area contributed by atoms with Gasteiger partial charge in [0.05, 0.1) is 18.4 Å². The summed E-state index contributed by atoms with van der Waals surface area (Å²) in [5.74, 6) is 0.191. The molecule has 1 aliphatic rings. The quantitative estimate of drug-likeness (QED) is 0.473. The van der Waals surface area contributed by atoms with Gasteiger partial charge < -0.3 is 10.5 Å². The first kappa shape index (κ1) is 17.4. The van der Waals surface area contributed by atoms with Crippen LogP contribution < -0.4 is 5.73 Å². The molecule has 1 unspecified atom stereocenters. The first-order chi connectivity index (χ1) is 9.42. The van der Waals surface area contributed by atoms with Crippen LogP contribution in [-0.2, 0) is 14.8 Å². The van der Waals surface area contributed by atoms with Crippen LogP contribution in [0.1, 0.15) is 19.8 Å². The third-order valence-electron chi connectivity index (χ3n) is 3.57. The molecular weight excluding hydrogens is 280 g/mol. The molecule has 8 heteroatoms. The SMILES string of the molecule is CCCC(C(=N)N)N1CCN(S(=O)(=O)CCOC)CC1. The third-order valence-corrected chi connectivity index (χ3v) is 5.41. The number of amidine groups is 1. The normalized spacial score (nSPS) is 19.9. The summed E-state index contributed by atoms with van der Waals surface area (Å²) in [4.78, 5) is 2.11. The number of nitrogens with two attached hydrogens (primary N) is 1. The molecule has 1 heterocycles. The van der Waals surface area contributed by atoms with Gasteiger partial charge in [-0.15, -0.1) is 0 Å². The number of rotatable bonds is 8. The van der Waals surface area contributed by atoms with Gasteiger partial charge in [0.2, 0.25) is 10.0 Å². The fourth-order valence-electron chi connectivity index (χ4n) is 2.42. The first-order valence-corrected chi connectivity index (χ1v) is 8.58. The highest BCUT2D eigenvalue weighted by molar-refractivity contribution is 7.89. The van der Waals surface area contributed by atoms with Gasteiger partial charge in [-0.05, 0) is 6.42 Å². The topological polar surface area (TPSA) is 99.7 Å². The third kappa shape index (κ3) is 4.69. The smallest absolute Gasteiger partial charge is 0.216 e. The number of piperazine rings is 1. The standard InChI is InChI=1S/C12H26N4O3S/c1-3-4-11(12(13)14)15-5-7-16(8-6-15)20(17,18)10-9-19-2/h11H,3-10H2,1-2H3,(H3,13,14). The average Bonchev–Trinajstić information content (AvgIpc) is 2.42. The number of hydrogen-bond acceptors (Lipinski definition) is 5. The molecule has 1 fully saturated rings. The van der Waals surface area contributed by atoms with Crippen LogP contribution in [0, 0.1) is 5.41 Å². The van der Waals surface area contributed by atoms with Gasteiger partial charge in [-0.3, -0.25) is 10.3 Å². The van der Waals surface area contributed by atoms with Crippen LogP contribution in [0.25, 0.3) is 0 Å². The van der Waals surface area contributed by atoms with Crippen molar-refractivity contribution in [2.24, 2.45) is 5.73 Å². The Morgan fingerprint density at radius 3 is 2.40 bits per heavy atom. The van der Waals surface area contributed by atoms with E-state index in [0.717, 1.165) is 12.8 Å². The van der Waals surface area contributed by atoms with Gasteiger partial charge in [-0.2, -0.15) is 4.31 Å². The summed E-state index contributed by atoms with van der Waals surface area (Å²) < 4.78 is 30.4. The van der Waals surface area contributed by atoms with Crippen LogP contribution in [0.5, 0.6) is 0 Å². The van der Waals surface area contributed by atoms with Crippen molar-refractivity contribution >= 4 is 15.9 Å². The van der Waals surface area contributed by atoms with E-state index < -0.39 is 10.0 Å². The van der Waals surface area contributed by atoms with Crippen molar-refractivity contribution < 1.29 is 13.2 Å². The van der Waals surface area contributed by atoms with Gasteiger partial charge in [0.25, 0.3) is 0 Å². The Labute approximate surface area is 121 Å². The number of nitrogens with zero attached hydrogens (tertiary/aromatic N) is 2. The van der Waals surface area contributed by atoms with Gasteiger partial charge in [-0.1, -0.05) is 13.3 Å². The van der Waals surface area contributed by atoms with Gasteiger partial charge in [-0.25, -0.2) is 8.42 Å². The van der Waals surface area contributed by atoms with Crippen molar-refractivity contribution in [1.82, 2.24) is 9.21 Å². The van der Waals surface area contributed by atoms with Crippen LogP contribution in [0.4, 0.5) is 0 Å². The van der Waals surface area contributed by atoms with E-state index in [9.17, 15) is 8.42 Å². The minimum Gasteiger partial charge on any atom is -0.386 e. The van der Waals surface area contributed by atoms with E-state index in [1.165, 1.54) is 11.4 Å². The van der Waals surface area contributed by atoms with E-state index in [-0.39, 0.29) is 24.2 Å². The average molecular weight is 306 g/mol. The summed E-state index contributed by atoms with van der Waals surface area (Å²) >= 11 is 0. The predicted molar refractivity (Wildman–Crippen MR) is 79.4 cm³/mol. The van der Waals surface area contributed by atoms with E-state index in [4.69, 9.17) is 15.9 Å². The van der Waals surface area contributed by atoms with Gasteiger partial charge in [0, 0.05) is 33.3 Å². The molecule has 0 bridgehead atoms. The highest BCUT2D eigenvalue weighted by Gasteiger charge is 2.30. The molecule has 0 spiro atoms. The Morgan fingerprint density at radius 2 is 1.95 bits per heavy atom. The van der Waals surface area contributed by atoms with Crippen molar-refractivity contribution in [3.05, 3.63) is 0 Å². The maximum atomic E-state index is 12.0. The largest absolute Gasteiger partial charge is 0.386 e. The first-order valence-electron chi connectivity index (χ1n) is 6.97. The lowest BCUT2D eigenvalue weighted by Crippen LogP contribution is -2.55. The van der Waals surface area contributed by atoms with Crippen LogP contribution in [-0.4, -0.2) is 75.1 Å². The molecule has 3 N–H and O–H groups in total. The van der Waals surface area contributed by atoms with Crippen LogP contribution in [0.2, 0.25) is 0 Å². The molecule has 0 aliphatic carbocycles.